The van der Waals surface area contributed by atoms with Crippen molar-refractivity contribution in [3.05, 3.63) is 10.1 Å². The van der Waals surface area contributed by atoms with Crippen LogP contribution in [0.25, 0.3) is 0 Å². The summed E-state index contributed by atoms with van der Waals surface area (Å²) in [5.74, 6) is -1.34. The van der Waals surface area contributed by atoms with Gasteiger partial charge in [0.2, 0.25) is 0 Å². The van der Waals surface area contributed by atoms with Crippen molar-refractivity contribution in [2.24, 2.45) is 0 Å². The topological polar surface area (TPSA) is 104 Å². The van der Waals surface area contributed by atoms with E-state index < -0.39 is 22.1 Å². The second-order valence-corrected chi connectivity index (χ2v) is 1.84. The second kappa shape index (κ2) is 3.84. The molecule has 0 heterocycles. The molecule has 0 saturated heterocycles. The molecule has 11 heavy (non-hydrogen) atoms. The third-order valence-electron chi connectivity index (χ3n) is 1.12. The fourth-order valence-corrected chi connectivity index (χ4v) is 0.547. The van der Waals surface area contributed by atoms with Gasteiger partial charge in [-0.25, -0.2) is 0 Å². The van der Waals surface area contributed by atoms with Crippen LogP contribution in [0, 0.1) is 10.1 Å². The van der Waals surface area contributed by atoms with E-state index in [1.54, 1.807) is 0 Å². The number of carbonyl (C=O) groups is 1. The maximum atomic E-state index is 10.5. The molecular formula is C4H8N2O5. The first-order valence-corrected chi connectivity index (χ1v) is 2.86. The summed E-state index contributed by atoms with van der Waals surface area (Å²) in [6.07, 6.45) is -0.0799. The maximum absolute atomic E-state index is 10.5. The van der Waals surface area contributed by atoms with Crippen molar-refractivity contribution in [2.45, 2.75) is 19.4 Å². The van der Waals surface area contributed by atoms with Crippen LogP contribution in [0.2, 0.25) is 0 Å². The molecule has 0 bridgehead atoms. The molecule has 0 aromatic rings. The minimum atomic E-state index is -1.58. The highest BCUT2D eigenvalue weighted by Gasteiger charge is 2.31. The highest BCUT2D eigenvalue weighted by molar-refractivity contribution is 5.78. The first kappa shape index (κ1) is 9.79. The molecule has 0 spiro atoms. The average Bonchev–Trinajstić information content (AvgIpc) is 1.88. The minimum absolute atomic E-state index is 0.0799. The molecular weight excluding hydrogens is 156 g/mol. The van der Waals surface area contributed by atoms with Crippen LogP contribution in [-0.4, -0.2) is 32.5 Å². The Balaban J connectivity index is 4.27. The van der Waals surface area contributed by atoms with Crippen LogP contribution in [0.1, 0.15) is 13.3 Å². The van der Waals surface area contributed by atoms with E-state index in [-0.39, 0.29) is 6.42 Å². The predicted molar refractivity (Wildman–Crippen MR) is 31.5 cm³/mol. The third-order valence-corrected chi connectivity index (χ3v) is 1.12. The Morgan fingerprint density at radius 3 is 2.27 bits per heavy atom. The molecule has 7 nitrogen and oxygen atoms in total. The van der Waals surface area contributed by atoms with Gasteiger partial charge in [-0.15, -0.1) is 0 Å². The van der Waals surface area contributed by atoms with Gasteiger partial charge in [-0.2, -0.15) is 0 Å². The van der Waals surface area contributed by atoms with Gasteiger partial charge < -0.3 is 0 Å². The maximum Gasteiger partial charge on any atom is 0.346 e. The van der Waals surface area contributed by atoms with Crippen molar-refractivity contribution in [1.82, 2.24) is 5.23 Å². The summed E-state index contributed by atoms with van der Waals surface area (Å²) in [6, 6.07) is -1.58. The molecule has 0 aliphatic carbocycles. The van der Waals surface area contributed by atoms with Crippen molar-refractivity contribution in [2.75, 3.05) is 0 Å². The van der Waals surface area contributed by atoms with E-state index in [0.29, 0.717) is 0 Å². The summed E-state index contributed by atoms with van der Waals surface area (Å²) in [6.45, 7) is 1.40. The Bertz CT molecular complexity index is 168. The van der Waals surface area contributed by atoms with Gasteiger partial charge in [0.1, 0.15) is 0 Å². The van der Waals surface area contributed by atoms with E-state index >= 15 is 0 Å². The van der Waals surface area contributed by atoms with Gasteiger partial charge in [0.25, 0.3) is 6.04 Å². The SMILES string of the molecule is CCC(C(=O)N(O)O)[N+](=O)[O-]. The second-order valence-electron chi connectivity index (χ2n) is 1.84. The van der Waals surface area contributed by atoms with Gasteiger partial charge in [0.15, 0.2) is 0 Å². The van der Waals surface area contributed by atoms with Crippen molar-refractivity contribution in [3.63, 3.8) is 0 Å². The Morgan fingerprint density at radius 2 is 2.18 bits per heavy atom. The third kappa shape index (κ3) is 2.48. The highest BCUT2D eigenvalue weighted by Crippen LogP contribution is 1.98. The molecule has 0 radical (unpaired) electrons. The number of nitrogens with zero attached hydrogens (tertiary/aromatic N) is 2. The molecule has 0 rings (SSSR count). The molecule has 0 aromatic heterocycles. The first-order valence-electron chi connectivity index (χ1n) is 2.86. The summed E-state index contributed by atoms with van der Waals surface area (Å²) in [5, 5.41) is 25.5. The highest BCUT2D eigenvalue weighted by atomic mass is 16.8. The van der Waals surface area contributed by atoms with Crippen LogP contribution in [-0.2, 0) is 4.79 Å². The van der Waals surface area contributed by atoms with Gasteiger partial charge in [-0.1, -0.05) is 12.2 Å². The van der Waals surface area contributed by atoms with Crippen LogP contribution in [0.5, 0.6) is 0 Å². The quantitative estimate of drug-likeness (QED) is 0.337. The first-order chi connectivity index (χ1) is 5.00. The lowest BCUT2D eigenvalue weighted by Crippen LogP contribution is -2.39. The summed E-state index contributed by atoms with van der Waals surface area (Å²) >= 11 is 0. The number of carbonyl (C=O) groups excluding carboxylic acids is 1. The molecule has 2 N–H and O–H groups in total. The van der Waals surface area contributed by atoms with Crippen molar-refractivity contribution in [1.29, 1.82) is 0 Å². The molecule has 1 unspecified atom stereocenters. The monoisotopic (exact) mass is 164 g/mol. The Morgan fingerprint density at radius 1 is 1.73 bits per heavy atom. The number of amides is 1. The lowest BCUT2D eigenvalue weighted by atomic mass is 10.2. The van der Waals surface area contributed by atoms with Crippen LogP contribution in [0.15, 0.2) is 0 Å². The fourth-order valence-electron chi connectivity index (χ4n) is 0.547. The summed E-state index contributed by atoms with van der Waals surface area (Å²) in [5.41, 5.74) is 0. The molecule has 0 aliphatic heterocycles. The van der Waals surface area contributed by atoms with Gasteiger partial charge in [0, 0.05) is 11.3 Å². The molecule has 0 saturated carbocycles. The molecule has 1 amide bonds. The van der Waals surface area contributed by atoms with Gasteiger partial charge in [-0.3, -0.25) is 25.3 Å². The molecule has 0 fully saturated rings. The van der Waals surface area contributed by atoms with Crippen LogP contribution >= 0.6 is 0 Å². The van der Waals surface area contributed by atoms with E-state index in [0.717, 1.165) is 0 Å². The molecule has 64 valence electrons. The van der Waals surface area contributed by atoms with E-state index in [1.807, 2.05) is 0 Å². The van der Waals surface area contributed by atoms with E-state index in [1.165, 1.54) is 6.92 Å². The number of hydroxylamine groups is 2. The van der Waals surface area contributed by atoms with E-state index in [2.05, 4.69) is 0 Å². The zero-order valence-corrected chi connectivity index (χ0v) is 5.80. The molecule has 7 heteroatoms. The Hall–Kier alpha value is -1.21. The van der Waals surface area contributed by atoms with Gasteiger partial charge in [-0.05, 0) is 0 Å². The minimum Gasteiger partial charge on any atom is -0.264 e. The smallest absolute Gasteiger partial charge is 0.264 e. The van der Waals surface area contributed by atoms with Crippen molar-refractivity contribution >= 4 is 5.91 Å². The normalized spacial score (nSPS) is 12.3. The predicted octanol–water partition coefficient (Wildman–Crippen LogP) is -0.351. The average molecular weight is 164 g/mol. The molecule has 0 aromatic carbocycles. The summed E-state index contributed by atoms with van der Waals surface area (Å²) in [4.78, 5) is 19.6. The number of nitro groups is 1. The lowest BCUT2D eigenvalue weighted by molar-refractivity contribution is -0.514. The van der Waals surface area contributed by atoms with Gasteiger partial charge in [0.05, 0.1) is 0 Å². The van der Waals surface area contributed by atoms with Crippen LogP contribution < -0.4 is 0 Å². The Labute approximate surface area is 61.9 Å². The van der Waals surface area contributed by atoms with Crippen molar-refractivity contribution in [3.8, 4) is 0 Å². The van der Waals surface area contributed by atoms with Crippen LogP contribution in [0.4, 0.5) is 0 Å². The number of hydrogen-bond donors (Lipinski definition) is 2. The zero-order chi connectivity index (χ0) is 9.02. The van der Waals surface area contributed by atoms with E-state index in [4.69, 9.17) is 10.4 Å². The largest absolute Gasteiger partial charge is 0.346 e. The standard InChI is InChI=1S/C4H8N2O5/c1-2-3(5(8)9)4(7)6(10)11/h3,10-11H,2H2,1H3. The number of rotatable bonds is 3. The van der Waals surface area contributed by atoms with Gasteiger partial charge >= 0.3 is 5.91 Å². The molecule has 1 atom stereocenters. The molecule has 0 aliphatic rings. The zero-order valence-electron chi connectivity index (χ0n) is 5.80. The van der Waals surface area contributed by atoms with Crippen LogP contribution in [0.3, 0.4) is 0 Å². The fraction of sp³-hybridized carbons (Fsp3) is 0.750. The number of hydrogen-bond acceptors (Lipinski definition) is 5. The van der Waals surface area contributed by atoms with Crippen molar-refractivity contribution < 1.29 is 20.1 Å². The lowest BCUT2D eigenvalue weighted by Gasteiger charge is -2.08. The van der Waals surface area contributed by atoms with E-state index in [9.17, 15) is 14.9 Å². The Kier molecular flexibility index (Phi) is 3.42. The summed E-state index contributed by atoms with van der Waals surface area (Å²) < 4.78 is 0. The summed E-state index contributed by atoms with van der Waals surface area (Å²) in [7, 11) is 0.